The molecule has 0 radical (unpaired) electrons. The van der Waals surface area contributed by atoms with Gasteiger partial charge in [0.2, 0.25) is 0 Å². The van der Waals surface area contributed by atoms with Gasteiger partial charge in [-0.15, -0.1) is 0 Å². The molecular weight excluding hydrogens is 547 g/mol. The Morgan fingerprint density at radius 3 is 2.21 bits per heavy atom. The molecule has 0 saturated heterocycles. The van der Waals surface area contributed by atoms with Crippen LogP contribution in [0.2, 0.25) is 0 Å². The van der Waals surface area contributed by atoms with E-state index >= 15 is 0 Å². The molecule has 2 aromatic carbocycles. The third kappa shape index (κ3) is 6.01. The maximum atomic E-state index is 14.3. The Hall–Kier alpha value is -2.74. The van der Waals surface area contributed by atoms with E-state index < -0.39 is 5.76 Å². The van der Waals surface area contributed by atoms with Gasteiger partial charge in [0, 0.05) is 24.1 Å². The Morgan fingerprint density at radius 2 is 1.60 bits per heavy atom. The van der Waals surface area contributed by atoms with Crippen LogP contribution in [0, 0.1) is 30.1 Å². The number of unbranched alkanes of at least 4 members (excludes halogenated alkanes) is 1. The van der Waals surface area contributed by atoms with Crippen LogP contribution in [0.4, 0.5) is 0 Å². The van der Waals surface area contributed by atoms with Crippen LogP contribution in [0.1, 0.15) is 80.9 Å². The second-order valence-electron chi connectivity index (χ2n) is 13.4. The molecule has 1 N–H and O–H groups in total. The van der Waals surface area contributed by atoms with Crippen molar-refractivity contribution in [1.82, 2.24) is 19.7 Å². The Bertz CT molecular complexity index is 1680. The molecule has 0 amide bonds. The molecule has 4 aliphatic carbocycles. The number of aryl methyl sites for hydroxylation is 2. The van der Waals surface area contributed by atoms with E-state index in [1.165, 1.54) is 38.5 Å². The summed E-state index contributed by atoms with van der Waals surface area (Å²) in [4.78, 5) is 33.6. The Balaban J connectivity index is 0.00000329. The maximum absolute atomic E-state index is 14.3. The van der Waals surface area contributed by atoms with E-state index in [0.717, 1.165) is 82.9 Å². The third-order valence-corrected chi connectivity index (χ3v) is 10.2. The van der Waals surface area contributed by atoms with Gasteiger partial charge in [0.1, 0.15) is 5.82 Å². The fraction of sp³-hybridized carbons (Fsp3) is 0.486. The molecule has 2 aromatic heterocycles. The average Bonchev–Trinajstić information content (AvgIpc) is 3.41. The van der Waals surface area contributed by atoms with Crippen molar-refractivity contribution >= 4 is 29.6 Å². The van der Waals surface area contributed by atoms with Crippen molar-refractivity contribution in [2.45, 2.75) is 84.6 Å². The molecule has 220 valence electrons. The first kappa shape index (κ1) is 30.3. The molecule has 0 spiro atoms. The Labute approximate surface area is 274 Å². The summed E-state index contributed by atoms with van der Waals surface area (Å²) < 4.78 is 6.78. The number of hydrogen-bond donors (Lipinski definition) is 1. The molecule has 8 heteroatoms. The standard InChI is InChI=1S/C35H40N4O3.Na.H/c1-3-4-9-31-30(33(40)39(22(2)36-31)21-35-18-24-14-25(19-35)16-26(15-24)20-35)17-23-10-12-27(13-11-23)28-7-5-6-8-29(28)32-37-34(41)42-38-32;;/h5-8,10-13,24-26H,3-4,9,14-21H2,1-2H3,(H,37,38,41);;. The van der Waals surface area contributed by atoms with Crippen LogP contribution in [0.25, 0.3) is 22.5 Å². The summed E-state index contributed by atoms with van der Waals surface area (Å²) >= 11 is 0. The predicted octanol–water partition coefficient (Wildman–Crippen LogP) is 6.06. The molecule has 4 bridgehead atoms. The van der Waals surface area contributed by atoms with Crippen LogP contribution in [0.15, 0.2) is 62.6 Å². The number of aromatic amines is 1. The van der Waals surface area contributed by atoms with E-state index in [4.69, 9.17) is 9.51 Å². The van der Waals surface area contributed by atoms with Crippen LogP contribution >= 0.6 is 0 Å². The van der Waals surface area contributed by atoms with Gasteiger partial charge >= 0.3 is 35.3 Å². The molecule has 4 saturated carbocycles. The number of nitrogens with one attached hydrogen (secondary N) is 1. The molecule has 7 nitrogen and oxygen atoms in total. The van der Waals surface area contributed by atoms with Crippen LogP contribution in [0.5, 0.6) is 0 Å². The number of hydrogen-bond acceptors (Lipinski definition) is 5. The Kier molecular flexibility index (Phi) is 8.69. The van der Waals surface area contributed by atoms with Crippen molar-refractivity contribution < 1.29 is 4.52 Å². The molecule has 8 rings (SSSR count). The van der Waals surface area contributed by atoms with Crippen molar-refractivity contribution in [3.63, 3.8) is 0 Å². The molecule has 0 aliphatic heterocycles. The van der Waals surface area contributed by atoms with Crippen molar-refractivity contribution in [1.29, 1.82) is 0 Å². The van der Waals surface area contributed by atoms with Gasteiger partial charge in [0.15, 0.2) is 5.82 Å². The zero-order valence-corrected chi connectivity index (χ0v) is 24.7. The van der Waals surface area contributed by atoms with Gasteiger partial charge in [-0.3, -0.25) is 18.9 Å². The second-order valence-corrected chi connectivity index (χ2v) is 13.4. The molecular formula is C35H41N4NaO3. The van der Waals surface area contributed by atoms with Crippen LogP contribution in [0.3, 0.4) is 0 Å². The SMILES string of the molecule is CCCCc1nc(C)n(CC23CC4CC(CC(C4)C2)C3)c(=O)c1Cc1ccc(-c2ccccc2-c2noc(=O)[nH]2)cc1.[NaH]. The third-order valence-electron chi connectivity index (χ3n) is 10.2. The van der Waals surface area contributed by atoms with Crippen molar-refractivity contribution in [2.75, 3.05) is 0 Å². The number of aromatic nitrogens is 4. The predicted molar refractivity (Wildman–Crippen MR) is 170 cm³/mol. The van der Waals surface area contributed by atoms with Gasteiger partial charge in [-0.1, -0.05) is 67.0 Å². The van der Waals surface area contributed by atoms with Gasteiger partial charge in [-0.2, -0.15) is 0 Å². The van der Waals surface area contributed by atoms with E-state index in [-0.39, 0.29) is 40.5 Å². The fourth-order valence-corrected chi connectivity index (χ4v) is 8.78. The monoisotopic (exact) mass is 588 g/mol. The zero-order chi connectivity index (χ0) is 28.8. The molecule has 4 aliphatic rings. The minimum atomic E-state index is -0.574. The molecule has 4 aromatic rings. The summed E-state index contributed by atoms with van der Waals surface area (Å²) in [5.41, 5.74) is 6.10. The molecule has 2 heterocycles. The minimum absolute atomic E-state index is 0. The van der Waals surface area contributed by atoms with E-state index in [2.05, 4.69) is 41.3 Å². The molecule has 0 atom stereocenters. The normalized spacial score (nSPS) is 23.8. The topological polar surface area (TPSA) is 93.8 Å². The average molecular weight is 589 g/mol. The quantitative estimate of drug-likeness (QED) is 0.240. The summed E-state index contributed by atoms with van der Waals surface area (Å²) in [6.07, 6.45) is 11.6. The van der Waals surface area contributed by atoms with Crippen LogP contribution in [-0.2, 0) is 19.4 Å². The van der Waals surface area contributed by atoms with Crippen molar-refractivity contribution in [2.24, 2.45) is 23.2 Å². The number of benzene rings is 2. The van der Waals surface area contributed by atoms with Crippen LogP contribution in [-0.4, -0.2) is 49.2 Å². The molecule has 4 fully saturated rings. The number of H-pyrrole nitrogens is 1. The summed E-state index contributed by atoms with van der Waals surface area (Å²) in [6, 6.07) is 16.2. The van der Waals surface area contributed by atoms with E-state index in [9.17, 15) is 9.59 Å². The fourth-order valence-electron chi connectivity index (χ4n) is 8.78. The van der Waals surface area contributed by atoms with Crippen molar-refractivity contribution in [3.05, 3.63) is 92.1 Å². The van der Waals surface area contributed by atoms with Gasteiger partial charge in [0.05, 0.1) is 5.69 Å². The van der Waals surface area contributed by atoms with Crippen LogP contribution < -0.4 is 11.3 Å². The first-order valence-corrected chi connectivity index (χ1v) is 15.7. The second kappa shape index (κ2) is 12.3. The summed E-state index contributed by atoms with van der Waals surface area (Å²) in [7, 11) is 0. The van der Waals surface area contributed by atoms with E-state index in [1.54, 1.807) is 0 Å². The molecule has 0 unspecified atom stereocenters. The van der Waals surface area contributed by atoms with E-state index in [1.807, 2.05) is 35.8 Å². The first-order chi connectivity index (χ1) is 20.4. The first-order valence-electron chi connectivity index (χ1n) is 15.7. The Morgan fingerprint density at radius 1 is 0.953 bits per heavy atom. The van der Waals surface area contributed by atoms with Gasteiger partial charge < -0.3 is 0 Å². The number of nitrogens with zero attached hydrogens (tertiary/aromatic N) is 3. The van der Waals surface area contributed by atoms with Gasteiger partial charge in [0.25, 0.3) is 5.56 Å². The summed E-state index contributed by atoms with van der Waals surface area (Å²) in [6.45, 7) is 5.05. The van der Waals surface area contributed by atoms with Crippen molar-refractivity contribution in [3.8, 4) is 22.5 Å². The molecule has 43 heavy (non-hydrogen) atoms. The van der Waals surface area contributed by atoms with E-state index in [0.29, 0.717) is 12.2 Å². The zero-order valence-electron chi connectivity index (χ0n) is 24.7. The number of rotatable bonds is 9. The summed E-state index contributed by atoms with van der Waals surface area (Å²) in [5, 5.41) is 3.88. The van der Waals surface area contributed by atoms with Gasteiger partial charge in [-0.05, 0) is 98.1 Å². The summed E-state index contributed by atoms with van der Waals surface area (Å²) in [5.74, 6) is 3.29. The van der Waals surface area contributed by atoms with Gasteiger partial charge in [-0.25, -0.2) is 9.78 Å².